The fraction of sp³-hybridized carbons (Fsp3) is 0.438. The van der Waals surface area contributed by atoms with Gasteiger partial charge < -0.3 is 10.2 Å². The number of likely N-dealkylation sites (N-methyl/N-ethyl adjacent to an activating group) is 1. The molecule has 0 saturated carbocycles. The van der Waals surface area contributed by atoms with Crippen LogP contribution in [0, 0.1) is 13.8 Å². The third-order valence-electron chi connectivity index (χ3n) is 3.76. The number of nitrogens with zero attached hydrogens (tertiary/aromatic N) is 1. The third-order valence-corrected chi connectivity index (χ3v) is 3.76. The third kappa shape index (κ3) is 4.09. The van der Waals surface area contributed by atoms with E-state index in [2.05, 4.69) is 37.4 Å². The van der Waals surface area contributed by atoms with Gasteiger partial charge in [-0.05, 0) is 44.0 Å². The van der Waals surface area contributed by atoms with Gasteiger partial charge in [-0.15, -0.1) is 12.4 Å². The topological polar surface area (TPSA) is 32.3 Å². The first-order valence-electron chi connectivity index (χ1n) is 6.81. The number of rotatable bonds is 3. The van der Waals surface area contributed by atoms with Crippen LogP contribution >= 0.6 is 12.4 Å². The Kier molecular flexibility index (Phi) is 6.24. The number of carbonyl (C=O) groups is 1. The minimum Gasteiger partial charge on any atom is -0.338 e. The van der Waals surface area contributed by atoms with Gasteiger partial charge in [-0.25, -0.2) is 0 Å². The fourth-order valence-corrected chi connectivity index (χ4v) is 2.44. The molecule has 1 saturated heterocycles. The van der Waals surface area contributed by atoms with Gasteiger partial charge in [0.15, 0.2) is 0 Å². The lowest BCUT2D eigenvalue weighted by Gasteiger charge is -2.22. The molecule has 1 aromatic rings. The van der Waals surface area contributed by atoms with E-state index in [0.717, 1.165) is 25.1 Å². The van der Waals surface area contributed by atoms with E-state index in [-0.39, 0.29) is 18.3 Å². The first-order valence-corrected chi connectivity index (χ1v) is 6.81. The predicted molar refractivity (Wildman–Crippen MR) is 86.2 cm³/mol. The molecule has 3 nitrogen and oxygen atoms in total. The van der Waals surface area contributed by atoms with Gasteiger partial charge in [0.05, 0.1) is 0 Å². The number of benzene rings is 1. The Morgan fingerprint density at radius 1 is 1.40 bits per heavy atom. The van der Waals surface area contributed by atoms with Gasteiger partial charge in [0.2, 0.25) is 5.91 Å². The highest BCUT2D eigenvalue weighted by Crippen LogP contribution is 2.13. The Bertz CT molecular complexity index is 493. The van der Waals surface area contributed by atoms with Crippen LogP contribution in [0.2, 0.25) is 0 Å². The average molecular weight is 295 g/mol. The second-order valence-corrected chi connectivity index (χ2v) is 5.29. The highest BCUT2D eigenvalue weighted by atomic mass is 35.5. The first kappa shape index (κ1) is 16.7. The summed E-state index contributed by atoms with van der Waals surface area (Å²) in [5, 5.41) is 3.28. The van der Waals surface area contributed by atoms with Crippen LogP contribution < -0.4 is 5.32 Å². The van der Waals surface area contributed by atoms with Crippen LogP contribution in [0.25, 0.3) is 6.08 Å². The summed E-state index contributed by atoms with van der Waals surface area (Å²) in [5.41, 5.74) is 3.56. The van der Waals surface area contributed by atoms with Crippen LogP contribution in [0.3, 0.4) is 0 Å². The second kappa shape index (κ2) is 7.46. The smallest absolute Gasteiger partial charge is 0.246 e. The zero-order valence-electron chi connectivity index (χ0n) is 12.3. The van der Waals surface area contributed by atoms with E-state index in [1.54, 1.807) is 6.08 Å². The summed E-state index contributed by atoms with van der Waals surface area (Å²) in [6, 6.07) is 6.60. The van der Waals surface area contributed by atoms with E-state index < -0.39 is 0 Å². The Hall–Kier alpha value is -1.32. The first-order chi connectivity index (χ1) is 9.08. The zero-order chi connectivity index (χ0) is 13.8. The van der Waals surface area contributed by atoms with Gasteiger partial charge in [0.25, 0.3) is 0 Å². The summed E-state index contributed by atoms with van der Waals surface area (Å²) in [5.74, 6) is 0.0775. The van der Waals surface area contributed by atoms with Crippen molar-refractivity contribution in [3.8, 4) is 0 Å². The van der Waals surface area contributed by atoms with Gasteiger partial charge in [-0.3, -0.25) is 4.79 Å². The van der Waals surface area contributed by atoms with Crippen molar-refractivity contribution in [2.45, 2.75) is 26.3 Å². The number of amides is 1. The molecular weight excluding hydrogens is 272 g/mol. The van der Waals surface area contributed by atoms with Crippen molar-refractivity contribution < 1.29 is 4.79 Å². The molecule has 0 radical (unpaired) electrons. The van der Waals surface area contributed by atoms with Crippen LogP contribution in [0.4, 0.5) is 0 Å². The predicted octanol–water partition coefficient (Wildman–Crippen LogP) is 2.56. The van der Waals surface area contributed by atoms with E-state index in [4.69, 9.17) is 0 Å². The van der Waals surface area contributed by atoms with Crippen LogP contribution in [0.15, 0.2) is 24.3 Å². The van der Waals surface area contributed by atoms with E-state index in [0.29, 0.717) is 6.04 Å². The van der Waals surface area contributed by atoms with Crippen molar-refractivity contribution in [3.05, 3.63) is 41.0 Å². The normalized spacial score (nSPS) is 18.1. The molecule has 0 aliphatic carbocycles. The number of aryl methyl sites for hydroxylation is 2. The molecule has 20 heavy (non-hydrogen) atoms. The molecule has 1 aliphatic heterocycles. The average Bonchev–Trinajstić information content (AvgIpc) is 2.90. The Balaban J connectivity index is 0.00000200. The molecule has 1 aliphatic rings. The van der Waals surface area contributed by atoms with E-state index in [9.17, 15) is 4.79 Å². The minimum absolute atomic E-state index is 0. The Labute approximate surface area is 127 Å². The van der Waals surface area contributed by atoms with Gasteiger partial charge in [-0.1, -0.05) is 23.8 Å². The summed E-state index contributed by atoms with van der Waals surface area (Å²) in [4.78, 5) is 13.9. The van der Waals surface area contributed by atoms with Gasteiger partial charge >= 0.3 is 0 Å². The van der Waals surface area contributed by atoms with Crippen molar-refractivity contribution in [2.24, 2.45) is 0 Å². The molecule has 1 aromatic carbocycles. The lowest BCUT2D eigenvalue weighted by Crippen LogP contribution is -2.37. The van der Waals surface area contributed by atoms with E-state index in [1.165, 1.54) is 11.1 Å². The maximum atomic E-state index is 12.1. The highest BCUT2D eigenvalue weighted by molar-refractivity contribution is 5.92. The molecule has 2 rings (SSSR count). The summed E-state index contributed by atoms with van der Waals surface area (Å²) in [6.07, 6.45) is 4.63. The number of halogens is 1. The van der Waals surface area contributed by atoms with Crippen molar-refractivity contribution in [2.75, 3.05) is 20.1 Å². The number of hydrogen-bond donors (Lipinski definition) is 1. The van der Waals surface area contributed by atoms with Crippen LogP contribution in [0.5, 0.6) is 0 Å². The molecule has 1 fully saturated rings. The molecule has 1 atom stereocenters. The lowest BCUT2D eigenvalue weighted by atomic mass is 10.1. The molecule has 1 unspecified atom stereocenters. The second-order valence-electron chi connectivity index (χ2n) is 5.29. The molecular formula is C16H23ClN2O. The van der Waals surface area contributed by atoms with Crippen molar-refractivity contribution in [1.29, 1.82) is 0 Å². The fourth-order valence-electron chi connectivity index (χ4n) is 2.44. The van der Waals surface area contributed by atoms with Gasteiger partial charge in [0, 0.05) is 25.7 Å². The lowest BCUT2D eigenvalue weighted by molar-refractivity contribution is -0.126. The van der Waals surface area contributed by atoms with Crippen molar-refractivity contribution in [1.82, 2.24) is 10.2 Å². The molecule has 0 bridgehead atoms. The van der Waals surface area contributed by atoms with Crippen molar-refractivity contribution >= 4 is 24.4 Å². The minimum atomic E-state index is 0. The Morgan fingerprint density at radius 3 is 2.75 bits per heavy atom. The van der Waals surface area contributed by atoms with Gasteiger partial charge in [0.1, 0.15) is 0 Å². The SMILES string of the molecule is Cc1ccc(/C=C/C(=O)N(C)C2CCNC2)c(C)c1.Cl. The summed E-state index contributed by atoms with van der Waals surface area (Å²) in [7, 11) is 1.88. The number of nitrogens with one attached hydrogen (secondary N) is 1. The molecule has 110 valence electrons. The molecule has 1 N–H and O–H groups in total. The molecule has 4 heteroatoms. The summed E-state index contributed by atoms with van der Waals surface area (Å²) in [6.45, 7) is 6.05. The maximum absolute atomic E-state index is 12.1. The number of carbonyl (C=O) groups excluding carboxylic acids is 1. The maximum Gasteiger partial charge on any atom is 0.246 e. The largest absolute Gasteiger partial charge is 0.338 e. The van der Waals surface area contributed by atoms with Crippen LogP contribution in [-0.2, 0) is 4.79 Å². The molecule has 0 aromatic heterocycles. The summed E-state index contributed by atoms with van der Waals surface area (Å²) < 4.78 is 0. The number of hydrogen-bond acceptors (Lipinski definition) is 2. The molecule has 1 heterocycles. The highest BCUT2D eigenvalue weighted by Gasteiger charge is 2.21. The quantitative estimate of drug-likeness (QED) is 0.869. The van der Waals surface area contributed by atoms with Crippen molar-refractivity contribution in [3.63, 3.8) is 0 Å². The molecule has 1 amide bonds. The summed E-state index contributed by atoms with van der Waals surface area (Å²) >= 11 is 0. The standard InChI is InChI=1S/C16H22N2O.ClH/c1-12-4-5-14(13(2)10-12)6-7-16(19)18(3)15-8-9-17-11-15;/h4-7,10,15,17H,8-9,11H2,1-3H3;1H/b7-6+;. The molecule has 0 spiro atoms. The monoisotopic (exact) mass is 294 g/mol. The zero-order valence-corrected chi connectivity index (χ0v) is 13.2. The van der Waals surface area contributed by atoms with E-state index in [1.807, 2.05) is 18.0 Å². The van der Waals surface area contributed by atoms with E-state index >= 15 is 0 Å². The van der Waals surface area contributed by atoms with Gasteiger partial charge in [-0.2, -0.15) is 0 Å². The van der Waals surface area contributed by atoms with Crippen LogP contribution in [-0.4, -0.2) is 37.0 Å². The van der Waals surface area contributed by atoms with Crippen LogP contribution in [0.1, 0.15) is 23.1 Å². The Morgan fingerprint density at radius 2 is 2.15 bits per heavy atom.